The zero-order valence-electron chi connectivity index (χ0n) is 9.15. The lowest BCUT2D eigenvalue weighted by Gasteiger charge is -2.23. The van der Waals surface area contributed by atoms with E-state index in [9.17, 15) is 4.79 Å². The minimum atomic E-state index is -0.278. The Morgan fingerprint density at radius 1 is 1.35 bits per heavy atom. The maximum Gasteiger partial charge on any atom is 0.228 e. The molecule has 0 aliphatic carbocycles. The summed E-state index contributed by atoms with van der Waals surface area (Å²) in [5.41, 5.74) is 0.651. The fourth-order valence-corrected chi connectivity index (χ4v) is 2.59. The van der Waals surface area contributed by atoms with Crippen molar-refractivity contribution in [3.05, 3.63) is 28.2 Å². The molecule has 2 atom stereocenters. The molecule has 2 unspecified atom stereocenters. The highest BCUT2D eigenvalue weighted by Crippen LogP contribution is 2.33. The lowest BCUT2D eigenvalue weighted by atomic mass is 10.0. The summed E-state index contributed by atoms with van der Waals surface area (Å²) < 4.78 is 0. The van der Waals surface area contributed by atoms with Gasteiger partial charge >= 0.3 is 0 Å². The summed E-state index contributed by atoms with van der Waals surface area (Å²) in [7, 11) is 0. The predicted octanol–water partition coefficient (Wildman–Crippen LogP) is 3.26. The Balaban J connectivity index is 2.40. The number of nitrogens with zero attached hydrogens (tertiary/aromatic N) is 2. The Hall–Kier alpha value is -1.24. The number of nitriles is 1. The molecule has 3 nitrogen and oxygen atoms in total. The molecule has 0 bridgehead atoms. The molecule has 1 aliphatic rings. The summed E-state index contributed by atoms with van der Waals surface area (Å²) in [6.45, 7) is 1.85. The van der Waals surface area contributed by atoms with E-state index >= 15 is 0 Å². The third kappa shape index (κ3) is 2.24. The van der Waals surface area contributed by atoms with Crippen LogP contribution in [-0.2, 0) is 4.79 Å². The highest BCUT2D eigenvalue weighted by molar-refractivity contribution is 6.35. The van der Waals surface area contributed by atoms with Gasteiger partial charge in [0.1, 0.15) is 0 Å². The van der Waals surface area contributed by atoms with Crippen LogP contribution in [0.4, 0.5) is 5.69 Å². The topological polar surface area (TPSA) is 44.1 Å². The summed E-state index contributed by atoms with van der Waals surface area (Å²) in [5.74, 6) is -0.345. The maximum absolute atomic E-state index is 11.9. The van der Waals surface area contributed by atoms with Gasteiger partial charge in [0, 0.05) is 22.2 Å². The molecular weight excluding hydrogens is 259 g/mol. The summed E-state index contributed by atoms with van der Waals surface area (Å²) in [6, 6.07) is 6.97. The Morgan fingerprint density at radius 3 is 2.41 bits per heavy atom. The van der Waals surface area contributed by atoms with E-state index in [4.69, 9.17) is 28.5 Å². The number of hydrogen-bond acceptors (Lipinski definition) is 2. The fraction of sp³-hybridized carbons (Fsp3) is 0.333. The van der Waals surface area contributed by atoms with Crippen LogP contribution < -0.4 is 4.90 Å². The molecule has 17 heavy (non-hydrogen) atoms. The molecule has 1 fully saturated rings. The Kier molecular flexibility index (Phi) is 3.28. The van der Waals surface area contributed by atoms with E-state index in [1.165, 1.54) is 0 Å². The van der Waals surface area contributed by atoms with Gasteiger partial charge in [0.05, 0.1) is 18.0 Å². The van der Waals surface area contributed by atoms with Crippen molar-refractivity contribution in [1.82, 2.24) is 0 Å². The van der Waals surface area contributed by atoms with E-state index in [0.717, 1.165) is 0 Å². The number of rotatable bonds is 1. The summed E-state index contributed by atoms with van der Waals surface area (Å²) >= 11 is 11.8. The molecule has 5 heteroatoms. The Labute approximate surface area is 110 Å². The van der Waals surface area contributed by atoms with Crippen LogP contribution in [0, 0.1) is 17.2 Å². The number of anilines is 1. The lowest BCUT2D eigenvalue weighted by molar-refractivity contribution is -0.117. The maximum atomic E-state index is 11.9. The van der Waals surface area contributed by atoms with Gasteiger partial charge in [0.2, 0.25) is 5.91 Å². The minimum absolute atomic E-state index is 0.0672. The lowest BCUT2D eigenvalue weighted by Crippen LogP contribution is -2.32. The second-order valence-corrected chi connectivity index (χ2v) is 4.94. The smallest absolute Gasteiger partial charge is 0.228 e. The third-order valence-electron chi connectivity index (χ3n) is 2.94. The van der Waals surface area contributed by atoms with Crippen molar-refractivity contribution in [3.8, 4) is 6.07 Å². The molecule has 1 aromatic carbocycles. The first kappa shape index (κ1) is 12.2. The van der Waals surface area contributed by atoms with Gasteiger partial charge < -0.3 is 4.90 Å². The van der Waals surface area contributed by atoms with Crippen molar-refractivity contribution in [2.75, 3.05) is 4.90 Å². The van der Waals surface area contributed by atoms with Crippen molar-refractivity contribution in [1.29, 1.82) is 5.26 Å². The molecule has 0 aromatic heterocycles. The minimum Gasteiger partial charge on any atom is -0.308 e. The number of hydrogen-bond donors (Lipinski definition) is 0. The molecule has 1 amide bonds. The first-order valence-electron chi connectivity index (χ1n) is 5.20. The quantitative estimate of drug-likeness (QED) is 0.785. The number of carbonyl (C=O) groups is 1. The number of benzene rings is 1. The molecule has 0 N–H and O–H groups in total. The van der Waals surface area contributed by atoms with E-state index in [1.807, 2.05) is 6.92 Å². The normalized spacial score (nSPS) is 23.9. The van der Waals surface area contributed by atoms with Crippen LogP contribution >= 0.6 is 23.2 Å². The second-order valence-electron chi connectivity index (χ2n) is 4.07. The SMILES string of the molecule is CC1C(C#N)CC(=O)N1c1cc(Cl)cc(Cl)c1. The second kappa shape index (κ2) is 4.56. The molecule has 0 spiro atoms. The predicted molar refractivity (Wildman–Crippen MR) is 67.1 cm³/mol. The Bertz CT molecular complexity index is 489. The van der Waals surface area contributed by atoms with E-state index in [1.54, 1.807) is 23.1 Å². The van der Waals surface area contributed by atoms with Crippen LogP contribution in [-0.4, -0.2) is 11.9 Å². The molecule has 1 aliphatic heterocycles. The summed E-state index contributed by atoms with van der Waals surface area (Å²) in [6.07, 6.45) is 0.252. The van der Waals surface area contributed by atoms with Crippen molar-refractivity contribution < 1.29 is 4.79 Å². The third-order valence-corrected chi connectivity index (χ3v) is 3.38. The van der Waals surface area contributed by atoms with Crippen LogP contribution in [0.1, 0.15) is 13.3 Å². The van der Waals surface area contributed by atoms with Crippen molar-refractivity contribution >= 4 is 34.8 Å². The largest absolute Gasteiger partial charge is 0.308 e. The number of halogens is 2. The van der Waals surface area contributed by atoms with Gasteiger partial charge in [-0.2, -0.15) is 5.26 Å². The molecule has 0 saturated carbocycles. The number of carbonyl (C=O) groups excluding carboxylic acids is 1. The van der Waals surface area contributed by atoms with E-state index < -0.39 is 0 Å². The van der Waals surface area contributed by atoms with Gasteiger partial charge in [-0.15, -0.1) is 0 Å². The van der Waals surface area contributed by atoms with Crippen molar-refractivity contribution in [2.24, 2.45) is 5.92 Å². The number of amides is 1. The highest BCUT2D eigenvalue weighted by atomic mass is 35.5. The molecule has 1 saturated heterocycles. The Morgan fingerprint density at radius 2 is 1.94 bits per heavy atom. The molecule has 88 valence electrons. The average Bonchev–Trinajstić information content (AvgIpc) is 2.52. The van der Waals surface area contributed by atoms with Crippen LogP contribution in [0.2, 0.25) is 10.0 Å². The van der Waals surface area contributed by atoms with Gasteiger partial charge in [0.15, 0.2) is 0 Å². The molecule has 2 rings (SSSR count). The summed E-state index contributed by atoms with van der Waals surface area (Å²) in [5, 5.41) is 9.91. The van der Waals surface area contributed by atoms with Gasteiger partial charge in [-0.25, -0.2) is 0 Å². The van der Waals surface area contributed by atoms with E-state index in [-0.39, 0.29) is 24.3 Å². The van der Waals surface area contributed by atoms with Gasteiger partial charge in [-0.05, 0) is 25.1 Å². The van der Waals surface area contributed by atoms with Gasteiger partial charge in [-0.3, -0.25) is 4.79 Å². The standard InChI is InChI=1S/C12H10Cl2N2O/c1-7-8(6-15)2-12(17)16(7)11-4-9(13)3-10(14)5-11/h3-5,7-8H,2H2,1H3. The zero-order chi connectivity index (χ0) is 12.6. The molecule has 1 aromatic rings. The molecule has 1 heterocycles. The fourth-order valence-electron chi connectivity index (χ4n) is 2.08. The zero-order valence-corrected chi connectivity index (χ0v) is 10.7. The van der Waals surface area contributed by atoms with Gasteiger partial charge in [-0.1, -0.05) is 23.2 Å². The van der Waals surface area contributed by atoms with Crippen LogP contribution in [0.5, 0.6) is 0 Å². The van der Waals surface area contributed by atoms with Crippen LogP contribution in [0.25, 0.3) is 0 Å². The molecular formula is C12H10Cl2N2O. The molecule has 0 radical (unpaired) electrons. The van der Waals surface area contributed by atoms with Crippen LogP contribution in [0.3, 0.4) is 0 Å². The average molecular weight is 269 g/mol. The first-order valence-corrected chi connectivity index (χ1v) is 5.96. The van der Waals surface area contributed by atoms with E-state index in [2.05, 4.69) is 6.07 Å². The van der Waals surface area contributed by atoms with Gasteiger partial charge in [0.25, 0.3) is 0 Å². The van der Waals surface area contributed by atoms with Crippen molar-refractivity contribution in [2.45, 2.75) is 19.4 Å². The monoisotopic (exact) mass is 268 g/mol. The van der Waals surface area contributed by atoms with E-state index in [0.29, 0.717) is 15.7 Å². The van der Waals surface area contributed by atoms with Crippen LogP contribution in [0.15, 0.2) is 18.2 Å². The highest BCUT2D eigenvalue weighted by Gasteiger charge is 2.37. The van der Waals surface area contributed by atoms with Crippen molar-refractivity contribution in [3.63, 3.8) is 0 Å². The first-order chi connectivity index (χ1) is 8.02. The summed E-state index contributed by atoms with van der Waals surface area (Å²) in [4.78, 5) is 13.5.